The Kier molecular flexibility index (Phi) is 5.22. The molecular weight excluding hydrogens is 292 g/mol. The first-order chi connectivity index (χ1) is 10.7. The third-order valence-corrected chi connectivity index (χ3v) is 4.21. The van der Waals surface area contributed by atoms with E-state index in [0.717, 1.165) is 37.3 Å². The zero-order valence-corrected chi connectivity index (χ0v) is 15.2. The molecule has 6 heteroatoms. The van der Waals surface area contributed by atoms with Gasteiger partial charge in [-0.2, -0.15) is 5.10 Å². The van der Waals surface area contributed by atoms with Crippen LogP contribution < -0.4 is 5.32 Å². The molecule has 0 aliphatic carbocycles. The number of carbonyl (C=O) groups is 1. The number of hydrogen-bond acceptors (Lipinski definition) is 4. The molecule has 2 unspecified atom stereocenters. The normalized spacial score (nSPS) is 20.3. The first-order valence-corrected chi connectivity index (χ1v) is 8.40. The maximum Gasteiger partial charge on any atom is 0.410 e. The molecule has 2 atom stereocenters. The summed E-state index contributed by atoms with van der Waals surface area (Å²) in [5.74, 6) is 0.413. The van der Waals surface area contributed by atoms with Crippen LogP contribution in [0.5, 0.6) is 0 Å². The van der Waals surface area contributed by atoms with Gasteiger partial charge in [0.2, 0.25) is 0 Å². The van der Waals surface area contributed by atoms with Gasteiger partial charge in [-0.05, 0) is 53.4 Å². The third kappa shape index (κ3) is 4.88. The fourth-order valence-corrected chi connectivity index (χ4v) is 3.01. The second-order valence-electron chi connectivity index (χ2n) is 7.56. The lowest BCUT2D eigenvalue weighted by Gasteiger charge is -2.37. The number of ether oxygens (including phenoxy) is 1. The van der Waals surface area contributed by atoms with Crippen LogP contribution in [-0.4, -0.2) is 45.5 Å². The van der Waals surface area contributed by atoms with Crippen LogP contribution in [-0.2, 0) is 11.8 Å². The van der Waals surface area contributed by atoms with Gasteiger partial charge >= 0.3 is 6.09 Å². The van der Waals surface area contributed by atoms with Gasteiger partial charge in [-0.25, -0.2) is 4.79 Å². The molecule has 0 aromatic carbocycles. The molecule has 1 fully saturated rings. The number of rotatable bonds is 3. The lowest BCUT2D eigenvalue weighted by Crippen LogP contribution is -2.46. The third-order valence-electron chi connectivity index (χ3n) is 4.21. The molecule has 2 heterocycles. The van der Waals surface area contributed by atoms with Gasteiger partial charge in [0.05, 0.1) is 11.4 Å². The summed E-state index contributed by atoms with van der Waals surface area (Å²) in [6, 6.07) is 0.281. The lowest BCUT2D eigenvalue weighted by atomic mass is 9.91. The van der Waals surface area contributed by atoms with Crippen LogP contribution in [0.15, 0.2) is 6.20 Å². The first kappa shape index (κ1) is 17.6. The second kappa shape index (κ2) is 6.81. The molecule has 1 aromatic heterocycles. The summed E-state index contributed by atoms with van der Waals surface area (Å²) >= 11 is 0. The van der Waals surface area contributed by atoms with Crippen LogP contribution in [0.3, 0.4) is 0 Å². The smallest absolute Gasteiger partial charge is 0.410 e. The van der Waals surface area contributed by atoms with E-state index in [1.165, 1.54) is 0 Å². The van der Waals surface area contributed by atoms with Crippen molar-refractivity contribution in [2.24, 2.45) is 13.0 Å². The number of piperidine rings is 1. The van der Waals surface area contributed by atoms with Gasteiger partial charge in [0.1, 0.15) is 5.60 Å². The molecule has 6 nitrogen and oxygen atoms in total. The maximum absolute atomic E-state index is 12.3. The van der Waals surface area contributed by atoms with Crippen molar-refractivity contribution in [2.45, 2.75) is 59.1 Å². The van der Waals surface area contributed by atoms with Crippen LogP contribution in [0, 0.1) is 12.8 Å². The largest absolute Gasteiger partial charge is 0.444 e. The molecule has 0 saturated carbocycles. The summed E-state index contributed by atoms with van der Waals surface area (Å²) in [5.41, 5.74) is 1.62. The van der Waals surface area contributed by atoms with E-state index >= 15 is 0 Å². The lowest BCUT2D eigenvalue weighted by molar-refractivity contribution is 0.0159. The van der Waals surface area contributed by atoms with Crippen molar-refractivity contribution < 1.29 is 9.53 Å². The number of hydrogen-bond donors (Lipinski definition) is 1. The quantitative estimate of drug-likeness (QED) is 0.928. The number of amides is 1. The highest BCUT2D eigenvalue weighted by Gasteiger charge is 2.30. The minimum absolute atomic E-state index is 0.202. The highest BCUT2D eigenvalue weighted by molar-refractivity contribution is 5.68. The molecule has 1 aromatic rings. The van der Waals surface area contributed by atoms with E-state index in [9.17, 15) is 4.79 Å². The number of carbonyl (C=O) groups excluding carboxylic acids is 1. The van der Waals surface area contributed by atoms with Crippen molar-refractivity contribution in [1.82, 2.24) is 14.7 Å². The number of likely N-dealkylation sites (tertiary alicyclic amines) is 1. The van der Waals surface area contributed by atoms with Gasteiger partial charge in [0.15, 0.2) is 0 Å². The Hall–Kier alpha value is -1.72. The Morgan fingerprint density at radius 3 is 2.74 bits per heavy atom. The fourth-order valence-electron chi connectivity index (χ4n) is 3.01. The van der Waals surface area contributed by atoms with Crippen molar-refractivity contribution in [1.29, 1.82) is 0 Å². The number of anilines is 1. The van der Waals surface area contributed by atoms with Gasteiger partial charge in [0, 0.05) is 32.4 Å². The average molecular weight is 322 g/mol. The Labute approximate surface area is 139 Å². The van der Waals surface area contributed by atoms with Crippen molar-refractivity contribution in [3.05, 3.63) is 11.9 Å². The predicted molar refractivity (Wildman–Crippen MR) is 91.6 cm³/mol. The summed E-state index contributed by atoms with van der Waals surface area (Å²) in [6.45, 7) is 11.4. The fraction of sp³-hybridized carbons (Fsp3) is 0.765. The van der Waals surface area contributed by atoms with E-state index in [1.54, 1.807) is 0 Å². The van der Waals surface area contributed by atoms with E-state index in [0.29, 0.717) is 5.92 Å². The zero-order chi connectivity index (χ0) is 17.2. The van der Waals surface area contributed by atoms with Gasteiger partial charge in [-0.3, -0.25) is 4.68 Å². The van der Waals surface area contributed by atoms with E-state index in [1.807, 2.05) is 50.5 Å². The molecule has 1 N–H and O–H groups in total. The number of nitrogens with one attached hydrogen (secondary N) is 1. The van der Waals surface area contributed by atoms with Gasteiger partial charge in [-0.15, -0.1) is 0 Å². The van der Waals surface area contributed by atoms with Crippen molar-refractivity contribution in [3.63, 3.8) is 0 Å². The molecule has 2 rings (SSSR count). The van der Waals surface area contributed by atoms with Crippen LogP contribution >= 0.6 is 0 Å². The standard InChI is InChI=1S/C17H30N4O2/c1-12(18-15-11-20(6)19-13(15)2)14-8-7-9-21(10-14)16(22)23-17(3,4)5/h11-12,14,18H,7-10H2,1-6H3. The Morgan fingerprint density at radius 1 is 1.48 bits per heavy atom. The highest BCUT2D eigenvalue weighted by atomic mass is 16.6. The predicted octanol–water partition coefficient (Wildman–Crippen LogP) is 3.18. The molecule has 0 radical (unpaired) electrons. The van der Waals surface area contributed by atoms with Crippen LogP contribution in [0.1, 0.15) is 46.2 Å². The first-order valence-electron chi connectivity index (χ1n) is 8.40. The SMILES string of the molecule is Cc1nn(C)cc1NC(C)C1CCCN(C(=O)OC(C)(C)C)C1. The highest BCUT2D eigenvalue weighted by Crippen LogP contribution is 2.24. The van der Waals surface area contributed by atoms with Crippen molar-refractivity contribution in [3.8, 4) is 0 Å². The molecule has 130 valence electrons. The molecule has 1 aliphatic rings. The van der Waals surface area contributed by atoms with E-state index < -0.39 is 5.60 Å². The van der Waals surface area contributed by atoms with Crippen LogP contribution in [0.4, 0.5) is 10.5 Å². The van der Waals surface area contributed by atoms with E-state index in [-0.39, 0.29) is 12.1 Å². The molecule has 1 saturated heterocycles. The van der Waals surface area contributed by atoms with Crippen molar-refractivity contribution in [2.75, 3.05) is 18.4 Å². The number of aryl methyl sites for hydroxylation is 2. The molecule has 0 spiro atoms. The summed E-state index contributed by atoms with van der Waals surface area (Å²) in [5, 5.41) is 7.91. The molecule has 23 heavy (non-hydrogen) atoms. The zero-order valence-electron chi connectivity index (χ0n) is 15.2. The van der Waals surface area contributed by atoms with E-state index in [2.05, 4.69) is 17.3 Å². The van der Waals surface area contributed by atoms with Gasteiger partial charge in [-0.1, -0.05) is 0 Å². The summed E-state index contributed by atoms with van der Waals surface area (Å²) < 4.78 is 7.32. The average Bonchev–Trinajstić information content (AvgIpc) is 2.75. The van der Waals surface area contributed by atoms with Gasteiger partial charge < -0.3 is 15.0 Å². The van der Waals surface area contributed by atoms with Gasteiger partial charge in [0.25, 0.3) is 0 Å². The molecular formula is C17H30N4O2. The van der Waals surface area contributed by atoms with Crippen molar-refractivity contribution >= 4 is 11.8 Å². The molecule has 1 amide bonds. The Bertz CT molecular complexity index is 547. The second-order valence-corrected chi connectivity index (χ2v) is 7.56. The maximum atomic E-state index is 12.3. The minimum Gasteiger partial charge on any atom is -0.444 e. The number of aromatic nitrogens is 2. The number of nitrogens with zero attached hydrogens (tertiary/aromatic N) is 3. The topological polar surface area (TPSA) is 59.4 Å². The monoisotopic (exact) mass is 322 g/mol. The molecule has 1 aliphatic heterocycles. The minimum atomic E-state index is -0.444. The Morgan fingerprint density at radius 2 is 2.17 bits per heavy atom. The summed E-state index contributed by atoms with van der Waals surface area (Å²) in [4.78, 5) is 14.1. The summed E-state index contributed by atoms with van der Waals surface area (Å²) in [7, 11) is 1.92. The van der Waals surface area contributed by atoms with E-state index in [4.69, 9.17) is 4.74 Å². The van der Waals surface area contributed by atoms with Crippen LogP contribution in [0.2, 0.25) is 0 Å². The van der Waals surface area contributed by atoms with Crippen LogP contribution in [0.25, 0.3) is 0 Å². The summed E-state index contributed by atoms with van der Waals surface area (Å²) in [6.07, 6.45) is 3.93. The Balaban J connectivity index is 1.95. The molecule has 0 bridgehead atoms.